The molecule has 0 atom stereocenters. The summed E-state index contributed by atoms with van der Waals surface area (Å²) < 4.78 is 5.54. The summed E-state index contributed by atoms with van der Waals surface area (Å²) in [5.74, 6) is 0.242. The van der Waals surface area contributed by atoms with Crippen LogP contribution in [-0.2, 0) is 4.79 Å². The molecule has 0 heterocycles. The third kappa shape index (κ3) is 5.59. The van der Waals surface area contributed by atoms with Crippen molar-refractivity contribution in [2.75, 3.05) is 26.7 Å². The van der Waals surface area contributed by atoms with Gasteiger partial charge >= 0.3 is 0 Å². The Morgan fingerprint density at radius 2 is 1.75 bits per heavy atom. The van der Waals surface area contributed by atoms with Gasteiger partial charge in [-0.3, -0.25) is 9.59 Å². The molecule has 24 heavy (non-hydrogen) atoms. The fourth-order valence-electron chi connectivity index (χ4n) is 1.94. The number of hydrogen-bond donors (Lipinski definition) is 1. The van der Waals surface area contributed by atoms with Crippen LogP contribution >= 0.6 is 11.6 Å². The predicted octanol–water partition coefficient (Wildman–Crippen LogP) is 2.61. The van der Waals surface area contributed by atoms with Crippen molar-refractivity contribution in [2.45, 2.75) is 0 Å². The number of likely N-dealkylation sites (N-methyl/N-ethyl adjacent to an activating group) is 1. The van der Waals surface area contributed by atoms with Gasteiger partial charge in [0.2, 0.25) is 5.91 Å². The smallest absolute Gasteiger partial charge is 0.251 e. The Balaban J connectivity index is 1.70. The Kier molecular flexibility index (Phi) is 6.63. The predicted molar refractivity (Wildman–Crippen MR) is 93.4 cm³/mol. The van der Waals surface area contributed by atoms with Gasteiger partial charge in [0.15, 0.2) is 0 Å². The molecule has 0 unspecified atom stereocenters. The van der Waals surface area contributed by atoms with Crippen molar-refractivity contribution in [3.63, 3.8) is 0 Å². The van der Waals surface area contributed by atoms with Crippen LogP contribution in [0.25, 0.3) is 0 Å². The van der Waals surface area contributed by atoms with Gasteiger partial charge in [-0.2, -0.15) is 0 Å². The van der Waals surface area contributed by atoms with Gasteiger partial charge in [0.05, 0.1) is 13.1 Å². The van der Waals surface area contributed by atoms with Gasteiger partial charge in [0, 0.05) is 17.6 Å². The molecule has 0 aliphatic rings. The molecule has 0 aliphatic carbocycles. The van der Waals surface area contributed by atoms with Gasteiger partial charge < -0.3 is 15.0 Å². The monoisotopic (exact) mass is 346 g/mol. The molecular formula is C18H19ClN2O3. The van der Waals surface area contributed by atoms with Gasteiger partial charge in [-0.25, -0.2) is 0 Å². The highest BCUT2D eigenvalue weighted by Crippen LogP contribution is 2.15. The second kappa shape index (κ2) is 8.93. The van der Waals surface area contributed by atoms with Crippen molar-refractivity contribution in [3.8, 4) is 5.75 Å². The molecule has 5 nitrogen and oxygen atoms in total. The molecule has 6 heteroatoms. The van der Waals surface area contributed by atoms with E-state index in [0.29, 0.717) is 29.5 Å². The first-order chi connectivity index (χ1) is 11.6. The minimum atomic E-state index is -0.269. The zero-order valence-electron chi connectivity index (χ0n) is 13.4. The van der Waals surface area contributed by atoms with E-state index >= 15 is 0 Å². The highest BCUT2D eigenvalue weighted by Gasteiger charge is 2.11. The third-order valence-electron chi connectivity index (χ3n) is 3.37. The maximum Gasteiger partial charge on any atom is 0.251 e. The normalized spacial score (nSPS) is 10.1. The number of hydrogen-bond acceptors (Lipinski definition) is 3. The quantitative estimate of drug-likeness (QED) is 0.838. The SMILES string of the molecule is CN(CCOc1ccc(Cl)cc1)C(=O)CNC(=O)c1ccccc1. The molecule has 0 saturated carbocycles. The second-order valence-corrected chi connectivity index (χ2v) is 5.60. The molecule has 126 valence electrons. The molecule has 0 aliphatic heterocycles. The molecule has 2 amide bonds. The summed E-state index contributed by atoms with van der Waals surface area (Å²) in [7, 11) is 1.67. The highest BCUT2D eigenvalue weighted by molar-refractivity contribution is 6.30. The van der Waals surface area contributed by atoms with Crippen molar-refractivity contribution in [1.29, 1.82) is 0 Å². The first kappa shape index (κ1) is 17.8. The topological polar surface area (TPSA) is 58.6 Å². The van der Waals surface area contributed by atoms with Gasteiger partial charge in [-0.1, -0.05) is 29.8 Å². The molecular weight excluding hydrogens is 328 g/mol. The summed E-state index contributed by atoms with van der Waals surface area (Å²) in [6.45, 7) is 0.727. The van der Waals surface area contributed by atoms with Crippen molar-refractivity contribution in [3.05, 3.63) is 65.2 Å². The number of amides is 2. The summed E-state index contributed by atoms with van der Waals surface area (Å²) in [5, 5.41) is 3.25. The lowest BCUT2D eigenvalue weighted by Crippen LogP contribution is -2.39. The summed E-state index contributed by atoms with van der Waals surface area (Å²) >= 11 is 5.80. The number of benzene rings is 2. The number of carbonyl (C=O) groups excluding carboxylic acids is 2. The van der Waals surface area contributed by atoms with Crippen molar-refractivity contribution < 1.29 is 14.3 Å². The van der Waals surface area contributed by atoms with Crippen LogP contribution in [0.5, 0.6) is 5.75 Å². The molecule has 0 bridgehead atoms. The number of carbonyl (C=O) groups is 2. The molecule has 0 radical (unpaired) electrons. The Labute approximate surface area is 146 Å². The minimum Gasteiger partial charge on any atom is -0.492 e. The number of nitrogens with zero attached hydrogens (tertiary/aromatic N) is 1. The van der Waals surface area contributed by atoms with Crippen LogP contribution in [0.4, 0.5) is 0 Å². The lowest BCUT2D eigenvalue weighted by molar-refractivity contribution is -0.129. The summed E-state index contributed by atoms with van der Waals surface area (Å²) in [5.41, 5.74) is 0.527. The standard InChI is InChI=1S/C18H19ClN2O3/c1-21(11-12-24-16-9-7-15(19)8-10-16)17(22)13-20-18(23)14-5-3-2-4-6-14/h2-10H,11-13H2,1H3,(H,20,23). The lowest BCUT2D eigenvalue weighted by atomic mass is 10.2. The largest absolute Gasteiger partial charge is 0.492 e. The average Bonchev–Trinajstić information content (AvgIpc) is 2.61. The molecule has 2 aromatic rings. The summed E-state index contributed by atoms with van der Waals surface area (Å²) in [6, 6.07) is 15.8. The first-order valence-electron chi connectivity index (χ1n) is 7.52. The van der Waals surface area contributed by atoms with E-state index in [0.717, 1.165) is 0 Å². The zero-order chi connectivity index (χ0) is 17.4. The highest BCUT2D eigenvalue weighted by atomic mass is 35.5. The van der Waals surface area contributed by atoms with Crippen LogP contribution in [0.2, 0.25) is 5.02 Å². The van der Waals surface area contributed by atoms with Gasteiger partial charge in [0.1, 0.15) is 12.4 Å². The van der Waals surface area contributed by atoms with E-state index < -0.39 is 0 Å². The molecule has 0 fully saturated rings. The van der Waals surface area contributed by atoms with E-state index in [1.807, 2.05) is 6.07 Å². The van der Waals surface area contributed by atoms with Gasteiger partial charge in [-0.05, 0) is 36.4 Å². The maximum absolute atomic E-state index is 12.0. The van der Waals surface area contributed by atoms with Crippen LogP contribution in [0.15, 0.2) is 54.6 Å². The Morgan fingerprint density at radius 3 is 2.42 bits per heavy atom. The van der Waals surface area contributed by atoms with Gasteiger partial charge in [-0.15, -0.1) is 0 Å². The fraction of sp³-hybridized carbons (Fsp3) is 0.222. The van der Waals surface area contributed by atoms with Crippen LogP contribution in [0.1, 0.15) is 10.4 Å². The number of halogens is 1. The van der Waals surface area contributed by atoms with Crippen LogP contribution in [-0.4, -0.2) is 43.5 Å². The van der Waals surface area contributed by atoms with E-state index in [1.165, 1.54) is 4.90 Å². The van der Waals surface area contributed by atoms with E-state index in [4.69, 9.17) is 16.3 Å². The lowest BCUT2D eigenvalue weighted by Gasteiger charge is -2.18. The Hall–Kier alpha value is -2.53. The zero-order valence-corrected chi connectivity index (χ0v) is 14.1. The van der Waals surface area contributed by atoms with E-state index in [9.17, 15) is 9.59 Å². The van der Waals surface area contributed by atoms with Crippen LogP contribution < -0.4 is 10.1 Å². The summed E-state index contributed by atoms with van der Waals surface area (Å²) in [4.78, 5) is 25.4. The second-order valence-electron chi connectivity index (χ2n) is 5.17. The third-order valence-corrected chi connectivity index (χ3v) is 3.62. The van der Waals surface area contributed by atoms with E-state index in [1.54, 1.807) is 55.6 Å². The van der Waals surface area contributed by atoms with Crippen molar-refractivity contribution in [2.24, 2.45) is 0 Å². The van der Waals surface area contributed by atoms with Crippen molar-refractivity contribution >= 4 is 23.4 Å². The van der Waals surface area contributed by atoms with Crippen LogP contribution in [0.3, 0.4) is 0 Å². The Morgan fingerprint density at radius 1 is 1.08 bits per heavy atom. The molecule has 0 aromatic heterocycles. The van der Waals surface area contributed by atoms with Crippen molar-refractivity contribution in [1.82, 2.24) is 10.2 Å². The molecule has 2 rings (SSSR count). The average molecular weight is 347 g/mol. The number of rotatable bonds is 7. The number of ether oxygens (including phenoxy) is 1. The molecule has 0 saturated heterocycles. The molecule has 2 aromatic carbocycles. The van der Waals surface area contributed by atoms with E-state index in [2.05, 4.69) is 5.32 Å². The number of nitrogens with one attached hydrogen (secondary N) is 1. The fourth-order valence-corrected chi connectivity index (χ4v) is 2.06. The molecule has 0 spiro atoms. The molecule has 1 N–H and O–H groups in total. The minimum absolute atomic E-state index is 0.0504. The summed E-state index contributed by atoms with van der Waals surface area (Å²) in [6.07, 6.45) is 0. The van der Waals surface area contributed by atoms with Gasteiger partial charge in [0.25, 0.3) is 5.91 Å². The Bertz CT molecular complexity index is 674. The maximum atomic E-state index is 12.0. The van der Waals surface area contributed by atoms with E-state index in [-0.39, 0.29) is 18.4 Å². The van der Waals surface area contributed by atoms with Crippen LogP contribution in [0, 0.1) is 0 Å². The first-order valence-corrected chi connectivity index (χ1v) is 7.89.